The topological polar surface area (TPSA) is 66.4 Å². The lowest BCUT2D eigenvalue weighted by Crippen LogP contribution is -2.45. The second-order valence-electron chi connectivity index (χ2n) is 6.24. The number of hydrogen-bond donors (Lipinski definition) is 2. The van der Waals surface area contributed by atoms with Crippen LogP contribution in [0.3, 0.4) is 0 Å². The molecule has 2 fully saturated rings. The summed E-state index contributed by atoms with van der Waals surface area (Å²) in [6.07, 6.45) is 3.07. The van der Waals surface area contributed by atoms with Gasteiger partial charge in [0, 0.05) is 18.6 Å². The highest BCUT2D eigenvalue weighted by molar-refractivity contribution is 7.89. The van der Waals surface area contributed by atoms with Gasteiger partial charge in [0.15, 0.2) is 0 Å². The molecule has 3 rings (SSSR count). The van der Waals surface area contributed by atoms with Gasteiger partial charge >= 0.3 is 0 Å². The molecule has 0 spiro atoms. The fourth-order valence-electron chi connectivity index (χ4n) is 3.89. The summed E-state index contributed by atoms with van der Waals surface area (Å²) < 4.78 is 41.0. The van der Waals surface area contributed by atoms with E-state index in [1.807, 2.05) is 0 Å². The molecule has 4 atom stereocenters. The van der Waals surface area contributed by atoms with Gasteiger partial charge in [0.05, 0.1) is 4.90 Å². The first kappa shape index (κ1) is 14.9. The van der Waals surface area contributed by atoms with Crippen molar-refractivity contribution >= 4 is 10.0 Å². The Morgan fingerprint density at radius 2 is 2.05 bits per heavy atom. The zero-order valence-electron chi connectivity index (χ0n) is 11.9. The Labute approximate surface area is 124 Å². The first-order chi connectivity index (χ1) is 9.92. The molecule has 116 valence electrons. The van der Waals surface area contributed by atoms with E-state index in [4.69, 9.17) is 0 Å². The molecule has 6 heteroatoms. The summed E-state index contributed by atoms with van der Waals surface area (Å²) in [5, 5.41) is 9.52. The molecule has 21 heavy (non-hydrogen) atoms. The van der Waals surface area contributed by atoms with Gasteiger partial charge in [-0.25, -0.2) is 17.5 Å². The molecule has 2 bridgehead atoms. The van der Waals surface area contributed by atoms with Crippen molar-refractivity contribution in [3.8, 4) is 0 Å². The average molecular weight is 313 g/mol. The third-order valence-corrected chi connectivity index (χ3v) is 6.49. The first-order valence-electron chi connectivity index (χ1n) is 7.31. The van der Waals surface area contributed by atoms with Crippen LogP contribution in [0.2, 0.25) is 0 Å². The second kappa shape index (κ2) is 5.34. The van der Waals surface area contributed by atoms with Crippen molar-refractivity contribution in [2.75, 3.05) is 6.61 Å². The molecule has 1 aromatic rings. The standard InChI is InChI=1S/C15H20FNO3S/c1-9-6-12(4-5-14(9)16)21(19,20)17-15-11-3-2-10(7-11)13(15)8-18/h4-6,10-11,13,15,17-18H,2-3,7-8H2,1H3. The number of aliphatic hydroxyl groups is 1. The molecule has 0 amide bonds. The zero-order valence-corrected chi connectivity index (χ0v) is 12.7. The summed E-state index contributed by atoms with van der Waals surface area (Å²) in [6.45, 7) is 1.55. The molecule has 2 N–H and O–H groups in total. The third-order valence-electron chi connectivity index (χ3n) is 5.03. The van der Waals surface area contributed by atoms with E-state index < -0.39 is 15.8 Å². The predicted octanol–water partition coefficient (Wildman–Crippen LogP) is 1.82. The summed E-state index contributed by atoms with van der Waals surface area (Å²) in [7, 11) is -3.68. The van der Waals surface area contributed by atoms with Gasteiger partial charge in [-0.3, -0.25) is 0 Å². The molecule has 4 nitrogen and oxygen atoms in total. The Hall–Kier alpha value is -0.980. The van der Waals surface area contributed by atoms with Crippen LogP contribution in [0.25, 0.3) is 0 Å². The number of aliphatic hydroxyl groups excluding tert-OH is 1. The minimum atomic E-state index is -3.68. The van der Waals surface area contributed by atoms with E-state index >= 15 is 0 Å². The van der Waals surface area contributed by atoms with Crippen LogP contribution in [0, 0.1) is 30.5 Å². The molecular formula is C15H20FNO3S. The fourth-order valence-corrected chi connectivity index (χ4v) is 5.33. The highest BCUT2D eigenvalue weighted by Gasteiger charge is 2.48. The summed E-state index contributed by atoms with van der Waals surface area (Å²) in [5.41, 5.74) is 0.310. The number of sulfonamides is 1. The number of hydrogen-bond acceptors (Lipinski definition) is 3. The SMILES string of the molecule is Cc1cc(S(=O)(=O)NC2C3CCC(C3)C2CO)ccc1F. The van der Waals surface area contributed by atoms with Gasteiger partial charge in [-0.2, -0.15) is 0 Å². The van der Waals surface area contributed by atoms with Crippen molar-refractivity contribution in [1.82, 2.24) is 4.72 Å². The number of benzene rings is 1. The van der Waals surface area contributed by atoms with E-state index in [1.54, 1.807) is 6.92 Å². The first-order valence-corrected chi connectivity index (χ1v) is 8.80. The predicted molar refractivity (Wildman–Crippen MR) is 76.7 cm³/mol. The maximum atomic E-state index is 13.3. The summed E-state index contributed by atoms with van der Waals surface area (Å²) in [6, 6.07) is 3.60. The van der Waals surface area contributed by atoms with Gasteiger partial charge in [-0.05, 0) is 61.8 Å². The largest absolute Gasteiger partial charge is 0.396 e. The highest BCUT2D eigenvalue weighted by Crippen LogP contribution is 2.48. The van der Waals surface area contributed by atoms with Crippen molar-refractivity contribution in [1.29, 1.82) is 0 Å². The molecular weight excluding hydrogens is 293 g/mol. The van der Waals surface area contributed by atoms with Crippen LogP contribution in [0.5, 0.6) is 0 Å². The fraction of sp³-hybridized carbons (Fsp3) is 0.600. The lowest BCUT2D eigenvalue weighted by atomic mass is 9.86. The number of fused-ring (bicyclic) bond motifs is 2. The van der Waals surface area contributed by atoms with Gasteiger partial charge < -0.3 is 5.11 Å². The van der Waals surface area contributed by atoms with Crippen molar-refractivity contribution in [3.05, 3.63) is 29.6 Å². The number of aryl methyl sites for hydroxylation is 1. The molecule has 0 heterocycles. The Morgan fingerprint density at radius 3 is 2.71 bits per heavy atom. The smallest absolute Gasteiger partial charge is 0.240 e. The van der Waals surface area contributed by atoms with E-state index in [1.165, 1.54) is 18.2 Å². The summed E-state index contributed by atoms with van der Waals surface area (Å²) in [4.78, 5) is 0.0841. The van der Waals surface area contributed by atoms with Gasteiger partial charge in [-0.15, -0.1) is 0 Å². The van der Waals surface area contributed by atoms with Crippen LogP contribution in [-0.2, 0) is 10.0 Å². The summed E-state index contributed by atoms with van der Waals surface area (Å²) in [5.74, 6) is 0.313. The van der Waals surface area contributed by atoms with Crippen molar-refractivity contribution in [2.45, 2.75) is 37.1 Å². The Bertz CT molecular complexity index is 646. The van der Waals surface area contributed by atoms with E-state index in [-0.39, 0.29) is 23.5 Å². The molecule has 2 saturated carbocycles. The number of halogens is 1. The molecule has 0 radical (unpaired) electrons. The van der Waals surface area contributed by atoms with E-state index in [2.05, 4.69) is 4.72 Å². The maximum Gasteiger partial charge on any atom is 0.240 e. The maximum absolute atomic E-state index is 13.3. The normalized spacial score (nSPS) is 31.8. The third kappa shape index (κ3) is 2.60. The highest BCUT2D eigenvalue weighted by atomic mass is 32.2. The molecule has 0 saturated heterocycles. The summed E-state index contributed by atoms with van der Waals surface area (Å²) >= 11 is 0. The van der Waals surface area contributed by atoms with Crippen molar-refractivity contribution < 1.29 is 17.9 Å². The zero-order chi connectivity index (χ0) is 15.2. The van der Waals surface area contributed by atoms with Crippen LogP contribution < -0.4 is 4.72 Å². The molecule has 2 aliphatic rings. The van der Waals surface area contributed by atoms with Crippen LogP contribution in [0.4, 0.5) is 4.39 Å². The quantitative estimate of drug-likeness (QED) is 0.891. The monoisotopic (exact) mass is 313 g/mol. The van der Waals surface area contributed by atoms with Crippen molar-refractivity contribution in [3.63, 3.8) is 0 Å². The van der Waals surface area contributed by atoms with Gasteiger partial charge in [0.1, 0.15) is 5.82 Å². The van der Waals surface area contributed by atoms with Gasteiger partial charge in [0.2, 0.25) is 10.0 Å². The number of rotatable bonds is 4. The van der Waals surface area contributed by atoms with E-state index in [0.29, 0.717) is 17.4 Å². The lowest BCUT2D eigenvalue weighted by Gasteiger charge is -2.30. The second-order valence-corrected chi connectivity index (χ2v) is 7.95. The lowest BCUT2D eigenvalue weighted by molar-refractivity contribution is 0.153. The van der Waals surface area contributed by atoms with Gasteiger partial charge in [0.25, 0.3) is 0 Å². The van der Waals surface area contributed by atoms with Crippen LogP contribution in [0.1, 0.15) is 24.8 Å². The molecule has 0 aromatic heterocycles. The Balaban J connectivity index is 1.84. The van der Waals surface area contributed by atoms with E-state index in [0.717, 1.165) is 19.3 Å². The molecule has 0 aliphatic heterocycles. The molecule has 2 aliphatic carbocycles. The minimum Gasteiger partial charge on any atom is -0.396 e. The average Bonchev–Trinajstić information content (AvgIpc) is 3.02. The van der Waals surface area contributed by atoms with Gasteiger partial charge in [-0.1, -0.05) is 0 Å². The molecule has 1 aromatic carbocycles. The minimum absolute atomic E-state index is 0.0000651. The van der Waals surface area contributed by atoms with Crippen molar-refractivity contribution in [2.24, 2.45) is 17.8 Å². The number of nitrogens with one attached hydrogen (secondary N) is 1. The Morgan fingerprint density at radius 1 is 1.33 bits per heavy atom. The Kier molecular flexibility index (Phi) is 3.80. The molecule has 4 unspecified atom stereocenters. The van der Waals surface area contributed by atoms with Crippen LogP contribution in [0.15, 0.2) is 23.1 Å². The van der Waals surface area contributed by atoms with E-state index in [9.17, 15) is 17.9 Å². The van der Waals surface area contributed by atoms with Crippen LogP contribution >= 0.6 is 0 Å². The van der Waals surface area contributed by atoms with Crippen LogP contribution in [-0.4, -0.2) is 26.2 Å².